The van der Waals surface area contributed by atoms with Gasteiger partial charge in [0.2, 0.25) is 0 Å². The number of nitriles is 1. The summed E-state index contributed by atoms with van der Waals surface area (Å²) in [6.45, 7) is 7.42. The molecular weight excluding hydrogens is 236 g/mol. The highest BCUT2D eigenvalue weighted by molar-refractivity contribution is 5.30. The summed E-state index contributed by atoms with van der Waals surface area (Å²) in [7, 11) is 1.68. The number of nitrogens with zero attached hydrogens (tertiary/aromatic N) is 1. The van der Waals surface area contributed by atoms with E-state index in [-0.39, 0.29) is 11.5 Å². The van der Waals surface area contributed by atoms with E-state index in [4.69, 9.17) is 10.00 Å². The van der Waals surface area contributed by atoms with Gasteiger partial charge in [0.25, 0.3) is 0 Å². The number of hydrogen-bond acceptors (Lipinski definition) is 3. The number of ether oxygens (including phenoxy) is 1. The van der Waals surface area contributed by atoms with Crippen LogP contribution in [-0.2, 0) is 0 Å². The first kappa shape index (κ1) is 15.5. The van der Waals surface area contributed by atoms with Crippen LogP contribution in [0.3, 0.4) is 0 Å². The maximum atomic E-state index is 8.66. The molecule has 0 aliphatic carbocycles. The lowest BCUT2D eigenvalue weighted by Crippen LogP contribution is -2.31. The zero-order chi connectivity index (χ0) is 14.3. The predicted molar refractivity (Wildman–Crippen MR) is 78.0 cm³/mol. The summed E-state index contributed by atoms with van der Waals surface area (Å²) in [4.78, 5) is 0. The first-order chi connectivity index (χ1) is 8.98. The van der Waals surface area contributed by atoms with Gasteiger partial charge in [-0.1, -0.05) is 26.0 Å². The van der Waals surface area contributed by atoms with E-state index < -0.39 is 0 Å². The highest BCUT2D eigenvalue weighted by Crippen LogP contribution is 2.23. The Bertz CT molecular complexity index is 435. The second kappa shape index (κ2) is 7.16. The molecule has 0 bridgehead atoms. The molecule has 0 aliphatic heterocycles. The minimum absolute atomic E-state index is 0.142. The van der Waals surface area contributed by atoms with Crippen molar-refractivity contribution in [2.75, 3.05) is 13.7 Å². The molecule has 0 spiro atoms. The first-order valence-electron chi connectivity index (χ1n) is 6.73. The van der Waals surface area contributed by atoms with E-state index in [9.17, 15) is 0 Å². The topological polar surface area (TPSA) is 45.0 Å². The molecule has 0 radical (unpaired) electrons. The quantitative estimate of drug-likeness (QED) is 0.813. The summed E-state index contributed by atoms with van der Waals surface area (Å²) in [6, 6.07) is 10.6. The molecule has 1 atom stereocenters. The molecule has 1 rings (SSSR count). The predicted octanol–water partition coefficient (Wildman–Crippen LogP) is 3.68. The number of nitrogens with one attached hydrogen (secondary N) is 1. The summed E-state index contributed by atoms with van der Waals surface area (Å²) >= 11 is 0. The van der Waals surface area contributed by atoms with Crippen molar-refractivity contribution < 1.29 is 4.74 Å². The second-order valence-corrected chi connectivity index (χ2v) is 5.70. The van der Waals surface area contributed by atoms with Gasteiger partial charge in [-0.2, -0.15) is 5.26 Å². The summed E-state index contributed by atoms with van der Waals surface area (Å²) in [6.07, 6.45) is 1.53. The van der Waals surface area contributed by atoms with Gasteiger partial charge in [-0.15, -0.1) is 0 Å². The van der Waals surface area contributed by atoms with Gasteiger partial charge in [0, 0.05) is 19.0 Å². The van der Waals surface area contributed by atoms with E-state index in [0.717, 1.165) is 18.7 Å². The van der Waals surface area contributed by atoms with E-state index in [1.165, 1.54) is 5.56 Å². The number of benzene rings is 1. The van der Waals surface area contributed by atoms with Crippen LogP contribution in [0.15, 0.2) is 24.3 Å². The van der Waals surface area contributed by atoms with Crippen LogP contribution in [0.2, 0.25) is 0 Å². The average Bonchev–Trinajstić information content (AvgIpc) is 2.43. The van der Waals surface area contributed by atoms with E-state index in [1.807, 2.05) is 12.1 Å². The van der Waals surface area contributed by atoms with Crippen LogP contribution in [0.5, 0.6) is 5.75 Å². The molecule has 1 aromatic carbocycles. The van der Waals surface area contributed by atoms with Gasteiger partial charge in [-0.25, -0.2) is 0 Å². The summed E-state index contributed by atoms with van der Waals surface area (Å²) < 4.78 is 5.24. The molecule has 0 saturated heterocycles. The standard InChI is InChI=1S/C16H24N2O/c1-13(14-7-5-8-15(11-14)19-4)18-12-16(2,3)9-6-10-17/h5,7-8,11,13,18H,6,9,12H2,1-4H3/t13-/m0/s1. The monoisotopic (exact) mass is 260 g/mol. The van der Waals surface area contributed by atoms with Crippen molar-refractivity contribution in [3.05, 3.63) is 29.8 Å². The van der Waals surface area contributed by atoms with E-state index in [1.54, 1.807) is 7.11 Å². The molecule has 104 valence electrons. The minimum atomic E-state index is 0.142. The zero-order valence-electron chi connectivity index (χ0n) is 12.4. The van der Waals surface area contributed by atoms with Crippen LogP contribution in [-0.4, -0.2) is 13.7 Å². The maximum absolute atomic E-state index is 8.66. The van der Waals surface area contributed by atoms with Crippen molar-refractivity contribution in [1.29, 1.82) is 5.26 Å². The maximum Gasteiger partial charge on any atom is 0.119 e. The number of hydrogen-bond donors (Lipinski definition) is 1. The van der Waals surface area contributed by atoms with Gasteiger partial charge in [0.05, 0.1) is 13.2 Å². The van der Waals surface area contributed by atoms with Gasteiger partial charge >= 0.3 is 0 Å². The third-order valence-electron chi connectivity index (χ3n) is 3.39. The van der Waals surface area contributed by atoms with Gasteiger partial charge in [-0.3, -0.25) is 0 Å². The molecule has 0 amide bonds. The van der Waals surface area contributed by atoms with Crippen LogP contribution >= 0.6 is 0 Å². The third kappa shape index (κ3) is 5.32. The van der Waals surface area contributed by atoms with Crippen molar-refractivity contribution in [1.82, 2.24) is 5.32 Å². The Kier molecular flexibility index (Phi) is 5.85. The Morgan fingerprint density at radius 2 is 2.16 bits per heavy atom. The number of rotatable bonds is 7. The Morgan fingerprint density at radius 1 is 1.42 bits per heavy atom. The van der Waals surface area contributed by atoms with E-state index in [0.29, 0.717) is 6.42 Å². The van der Waals surface area contributed by atoms with Gasteiger partial charge in [0.15, 0.2) is 0 Å². The van der Waals surface area contributed by atoms with Gasteiger partial charge < -0.3 is 10.1 Å². The average molecular weight is 260 g/mol. The molecule has 0 saturated carbocycles. The first-order valence-corrected chi connectivity index (χ1v) is 6.73. The van der Waals surface area contributed by atoms with Crippen LogP contribution in [0.4, 0.5) is 0 Å². The largest absolute Gasteiger partial charge is 0.497 e. The lowest BCUT2D eigenvalue weighted by Gasteiger charge is -2.26. The van der Waals surface area contributed by atoms with Crippen LogP contribution in [0.25, 0.3) is 0 Å². The van der Waals surface area contributed by atoms with Crippen LogP contribution in [0, 0.1) is 16.7 Å². The fraction of sp³-hybridized carbons (Fsp3) is 0.562. The van der Waals surface area contributed by atoms with E-state index >= 15 is 0 Å². The van der Waals surface area contributed by atoms with Gasteiger partial charge in [-0.05, 0) is 36.5 Å². The fourth-order valence-corrected chi connectivity index (χ4v) is 1.94. The summed E-state index contributed by atoms with van der Waals surface area (Å²) in [5, 5.41) is 12.2. The molecular formula is C16H24N2O. The fourth-order valence-electron chi connectivity index (χ4n) is 1.94. The summed E-state index contributed by atoms with van der Waals surface area (Å²) in [5.41, 5.74) is 1.36. The molecule has 0 heterocycles. The highest BCUT2D eigenvalue weighted by atomic mass is 16.5. The highest BCUT2D eigenvalue weighted by Gasteiger charge is 2.18. The van der Waals surface area contributed by atoms with Crippen molar-refractivity contribution >= 4 is 0 Å². The van der Waals surface area contributed by atoms with Crippen LogP contribution < -0.4 is 10.1 Å². The van der Waals surface area contributed by atoms with Crippen molar-refractivity contribution in [2.45, 2.75) is 39.7 Å². The van der Waals surface area contributed by atoms with Crippen molar-refractivity contribution in [3.8, 4) is 11.8 Å². The Labute approximate surface area is 116 Å². The Balaban J connectivity index is 2.55. The Morgan fingerprint density at radius 3 is 2.79 bits per heavy atom. The van der Waals surface area contributed by atoms with Crippen molar-refractivity contribution in [3.63, 3.8) is 0 Å². The lowest BCUT2D eigenvalue weighted by atomic mass is 9.87. The van der Waals surface area contributed by atoms with E-state index in [2.05, 4.69) is 44.3 Å². The van der Waals surface area contributed by atoms with Crippen molar-refractivity contribution in [2.24, 2.45) is 5.41 Å². The summed E-state index contributed by atoms with van der Waals surface area (Å²) in [5.74, 6) is 0.884. The SMILES string of the molecule is COc1cccc([C@H](C)NCC(C)(C)CCC#N)c1. The molecule has 1 aromatic rings. The molecule has 3 heteroatoms. The molecule has 19 heavy (non-hydrogen) atoms. The normalized spacial score (nSPS) is 12.8. The minimum Gasteiger partial charge on any atom is -0.497 e. The Hall–Kier alpha value is -1.53. The number of methoxy groups -OCH3 is 1. The molecule has 1 N–H and O–H groups in total. The second-order valence-electron chi connectivity index (χ2n) is 5.70. The van der Waals surface area contributed by atoms with Gasteiger partial charge in [0.1, 0.15) is 5.75 Å². The lowest BCUT2D eigenvalue weighted by molar-refractivity contribution is 0.304. The smallest absolute Gasteiger partial charge is 0.119 e. The molecule has 3 nitrogen and oxygen atoms in total. The zero-order valence-corrected chi connectivity index (χ0v) is 12.4. The molecule has 0 aliphatic rings. The molecule has 0 aromatic heterocycles. The van der Waals surface area contributed by atoms with Crippen LogP contribution in [0.1, 0.15) is 45.2 Å². The molecule has 0 unspecified atom stereocenters. The molecule has 0 fully saturated rings. The third-order valence-corrected chi connectivity index (χ3v) is 3.39.